The van der Waals surface area contributed by atoms with Gasteiger partial charge in [-0.1, -0.05) is 11.6 Å². The molecular weight excluding hydrogens is 326 g/mol. The van der Waals surface area contributed by atoms with Crippen molar-refractivity contribution in [1.29, 1.82) is 0 Å². The Labute approximate surface area is 126 Å². The molecule has 0 bridgehead atoms. The first-order chi connectivity index (χ1) is 9.31. The molecule has 1 heterocycles. The highest BCUT2D eigenvalue weighted by atomic mass is 35.5. The fourth-order valence-corrected chi connectivity index (χ4v) is 3.02. The van der Waals surface area contributed by atoms with E-state index in [4.69, 9.17) is 23.2 Å². The number of sulfone groups is 1. The summed E-state index contributed by atoms with van der Waals surface area (Å²) in [5.74, 6) is 0.249. The van der Waals surface area contributed by atoms with E-state index in [2.05, 4.69) is 4.98 Å². The third-order valence-corrected chi connectivity index (χ3v) is 4.44. The summed E-state index contributed by atoms with van der Waals surface area (Å²) in [6.45, 7) is 0.409. The maximum Gasteiger partial charge on any atom is 0.147 e. The Morgan fingerprint density at radius 1 is 1.40 bits per heavy atom. The maximum absolute atomic E-state index is 13.6. The topological polar surface area (TPSA) is 52.0 Å². The van der Waals surface area contributed by atoms with Gasteiger partial charge in [-0.05, 0) is 12.5 Å². The van der Waals surface area contributed by atoms with Crippen molar-refractivity contribution in [2.75, 3.05) is 12.0 Å². The van der Waals surface area contributed by atoms with Crippen LogP contribution in [0.3, 0.4) is 0 Å². The van der Waals surface area contributed by atoms with Crippen molar-refractivity contribution in [3.63, 3.8) is 0 Å². The number of halogens is 3. The summed E-state index contributed by atoms with van der Waals surface area (Å²) in [7, 11) is -3.03. The van der Waals surface area contributed by atoms with E-state index in [1.54, 1.807) is 4.57 Å². The van der Waals surface area contributed by atoms with E-state index in [-0.39, 0.29) is 16.7 Å². The molecule has 1 aromatic carbocycles. The van der Waals surface area contributed by atoms with Crippen molar-refractivity contribution < 1.29 is 12.8 Å². The number of alkyl halides is 1. The molecule has 2 aromatic rings. The zero-order valence-electron chi connectivity index (χ0n) is 10.7. The van der Waals surface area contributed by atoms with Gasteiger partial charge in [0.15, 0.2) is 0 Å². The lowest BCUT2D eigenvalue weighted by atomic mass is 10.3. The lowest BCUT2D eigenvalue weighted by Gasteiger charge is -2.07. The third kappa shape index (κ3) is 3.42. The minimum atomic E-state index is -3.03. The summed E-state index contributed by atoms with van der Waals surface area (Å²) < 4.78 is 37.6. The van der Waals surface area contributed by atoms with Crippen LogP contribution in [0, 0.1) is 5.82 Å². The zero-order valence-corrected chi connectivity index (χ0v) is 13.1. The first-order valence-corrected chi connectivity index (χ1v) is 8.87. The average Bonchev–Trinajstić information content (AvgIpc) is 2.66. The summed E-state index contributed by atoms with van der Waals surface area (Å²) in [5, 5.41) is -0.000548. The summed E-state index contributed by atoms with van der Waals surface area (Å²) in [6.07, 6.45) is 1.60. The van der Waals surface area contributed by atoms with E-state index in [0.29, 0.717) is 29.8 Å². The van der Waals surface area contributed by atoms with Crippen molar-refractivity contribution in [1.82, 2.24) is 9.55 Å². The molecule has 0 fully saturated rings. The Balaban J connectivity index is 2.37. The van der Waals surface area contributed by atoms with Crippen molar-refractivity contribution in [2.45, 2.75) is 18.8 Å². The summed E-state index contributed by atoms with van der Waals surface area (Å²) in [6, 6.07) is 2.73. The Morgan fingerprint density at radius 2 is 2.10 bits per heavy atom. The fourth-order valence-electron chi connectivity index (χ4n) is 2.01. The number of hydrogen-bond donors (Lipinski definition) is 0. The second-order valence-electron chi connectivity index (χ2n) is 4.55. The molecule has 0 N–H and O–H groups in total. The van der Waals surface area contributed by atoms with Crippen LogP contribution in [0.5, 0.6) is 0 Å². The molecule has 0 saturated carbocycles. The van der Waals surface area contributed by atoms with Gasteiger partial charge in [-0.3, -0.25) is 0 Å². The van der Waals surface area contributed by atoms with Crippen molar-refractivity contribution >= 4 is 44.1 Å². The van der Waals surface area contributed by atoms with Crippen LogP contribution in [0.1, 0.15) is 12.2 Å². The molecule has 0 aliphatic heterocycles. The SMILES string of the molecule is CS(=O)(=O)CCCn1c(CCl)nc2cc(Cl)c(F)cc21. The van der Waals surface area contributed by atoms with Crippen LogP contribution in [0.2, 0.25) is 5.02 Å². The van der Waals surface area contributed by atoms with Gasteiger partial charge in [0.25, 0.3) is 0 Å². The van der Waals surface area contributed by atoms with Crippen LogP contribution in [-0.4, -0.2) is 30.0 Å². The summed E-state index contributed by atoms with van der Waals surface area (Å²) in [4.78, 5) is 4.28. The van der Waals surface area contributed by atoms with Gasteiger partial charge in [0.05, 0.1) is 27.7 Å². The summed E-state index contributed by atoms with van der Waals surface area (Å²) >= 11 is 11.5. The minimum Gasteiger partial charge on any atom is -0.327 e. The van der Waals surface area contributed by atoms with Crippen LogP contribution in [0.25, 0.3) is 11.0 Å². The Morgan fingerprint density at radius 3 is 2.70 bits per heavy atom. The molecular formula is C12H13Cl2FN2O2S. The number of rotatable bonds is 5. The van der Waals surface area contributed by atoms with Gasteiger partial charge in [-0.2, -0.15) is 0 Å². The zero-order chi connectivity index (χ0) is 14.9. The number of aromatic nitrogens is 2. The van der Waals surface area contributed by atoms with Crippen LogP contribution >= 0.6 is 23.2 Å². The van der Waals surface area contributed by atoms with Crippen molar-refractivity contribution in [2.24, 2.45) is 0 Å². The van der Waals surface area contributed by atoms with Crippen LogP contribution in [0.4, 0.5) is 4.39 Å². The molecule has 0 atom stereocenters. The number of fused-ring (bicyclic) bond motifs is 1. The smallest absolute Gasteiger partial charge is 0.147 e. The highest BCUT2D eigenvalue weighted by molar-refractivity contribution is 7.90. The molecule has 0 aliphatic carbocycles. The second kappa shape index (κ2) is 5.87. The normalized spacial score (nSPS) is 12.2. The molecule has 0 unspecified atom stereocenters. The largest absolute Gasteiger partial charge is 0.327 e. The monoisotopic (exact) mass is 338 g/mol. The average molecular weight is 339 g/mol. The fraction of sp³-hybridized carbons (Fsp3) is 0.417. The predicted octanol–water partition coefficient (Wildman–Crippen LogP) is 3.00. The lowest BCUT2D eigenvalue weighted by molar-refractivity contribution is 0.591. The molecule has 110 valence electrons. The predicted molar refractivity (Wildman–Crippen MR) is 78.6 cm³/mol. The Hall–Kier alpha value is -0.850. The molecule has 20 heavy (non-hydrogen) atoms. The molecule has 0 saturated heterocycles. The molecule has 0 spiro atoms. The third-order valence-electron chi connectivity index (χ3n) is 2.89. The van der Waals surface area contributed by atoms with Crippen molar-refractivity contribution in [3.05, 3.63) is 28.8 Å². The van der Waals surface area contributed by atoms with Gasteiger partial charge in [0, 0.05) is 18.9 Å². The van der Waals surface area contributed by atoms with Gasteiger partial charge in [0.1, 0.15) is 21.5 Å². The quantitative estimate of drug-likeness (QED) is 0.787. The molecule has 0 aliphatic rings. The van der Waals surface area contributed by atoms with Crippen LogP contribution < -0.4 is 0 Å². The van der Waals surface area contributed by atoms with Gasteiger partial charge in [-0.15, -0.1) is 11.6 Å². The van der Waals surface area contributed by atoms with Gasteiger partial charge >= 0.3 is 0 Å². The van der Waals surface area contributed by atoms with Gasteiger partial charge < -0.3 is 4.57 Å². The number of nitrogens with zero attached hydrogens (tertiary/aromatic N) is 2. The molecule has 2 rings (SSSR count). The van der Waals surface area contributed by atoms with Crippen LogP contribution in [-0.2, 0) is 22.3 Å². The number of aryl methyl sites for hydroxylation is 1. The molecule has 4 nitrogen and oxygen atoms in total. The first kappa shape index (κ1) is 15.5. The van der Waals surface area contributed by atoms with Crippen molar-refractivity contribution in [3.8, 4) is 0 Å². The highest BCUT2D eigenvalue weighted by Gasteiger charge is 2.13. The maximum atomic E-state index is 13.6. The molecule has 1 aromatic heterocycles. The van der Waals surface area contributed by atoms with Gasteiger partial charge in [0.2, 0.25) is 0 Å². The van der Waals surface area contributed by atoms with E-state index in [9.17, 15) is 12.8 Å². The molecule has 0 radical (unpaired) electrons. The molecule has 8 heteroatoms. The number of hydrogen-bond acceptors (Lipinski definition) is 3. The highest BCUT2D eigenvalue weighted by Crippen LogP contribution is 2.24. The van der Waals surface area contributed by atoms with E-state index in [0.717, 1.165) is 0 Å². The summed E-state index contributed by atoms with van der Waals surface area (Å²) in [5.41, 5.74) is 1.11. The minimum absolute atomic E-state index is 0.000548. The van der Waals surface area contributed by atoms with E-state index in [1.165, 1.54) is 18.4 Å². The van der Waals surface area contributed by atoms with E-state index < -0.39 is 15.7 Å². The number of benzene rings is 1. The second-order valence-corrected chi connectivity index (χ2v) is 7.49. The standard InChI is InChI=1S/C12H13Cl2FN2O2S/c1-20(18,19)4-2-3-17-11-6-9(15)8(14)5-10(11)16-12(17)7-13/h5-6H,2-4,7H2,1H3. The first-order valence-electron chi connectivity index (χ1n) is 5.89. The number of imidazole rings is 1. The van der Waals surface area contributed by atoms with Gasteiger partial charge in [-0.25, -0.2) is 17.8 Å². The lowest BCUT2D eigenvalue weighted by Crippen LogP contribution is -2.09. The molecule has 0 amide bonds. The van der Waals surface area contributed by atoms with E-state index in [1.807, 2.05) is 0 Å². The van der Waals surface area contributed by atoms with E-state index >= 15 is 0 Å². The van der Waals surface area contributed by atoms with Crippen LogP contribution in [0.15, 0.2) is 12.1 Å². The Bertz CT molecular complexity index is 743. The Kier molecular flexibility index (Phi) is 4.56.